The minimum atomic E-state index is -0.351. The second-order valence-electron chi connectivity index (χ2n) is 6.28. The third-order valence-corrected chi connectivity index (χ3v) is 4.42. The molecule has 3 aromatic rings. The molecule has 1 saturated carbocycles. The van der Waals surface area contributed by atoms with Gasteiger partial charge in [-0.05, 0) is 30.9 Å². The number of rotatable bonds is 5. The van der Waals surface area contributed by atoms with E-state index in [2.05, 4.69) is 20.7 Å². The van der Waals surface area contributed by atoms with Crippen LogP contribution in [0, 0.1) is 5.92 Å². The number of carbonyl (C=O) groups is 1. The third-order valence-electron chi connectivity index (χ3n) is 4.42. The van der Waals surface area contributed by atoms with Crippen LogP contribution in [0.4, 0.5) is 0 Å². The van der Waals surface area contributed by atoms with Crippen LogP contribution in [0.5, 0.6) is 5.75 Å². The number of para-hydroxylation sites is 1. The van der Waals surface area contributed by atoms with Gasteiger partial charge in [0.2, 0.25) is 0 Å². The van der Waals surface area contributed by atoms with Gasteiger partial charge >= 0.3 is 0 Å². The summed E-state index contributed by atoms with van der Waals surface area (Å²) in [5, 5.41) is 24.9. The lowest BCUT2D eigenvalue weighted by molar-refractivity contribution is 0.0871. The predicted octanol–water partition coefficient (Wildman–Crippen LogP) is 1.38. The first-order chi connectivity index (χ1) is 12.2. The van der Waals surface area contributed by atoms with Crippen LogP contribution in [0.3, 0.4) is 0 Å². The summed E-state index contributed by atoms with van der Waals surface area (Å²) in [6.07, 6.45) is 6.69. The standard InChI is InChI=1S/C17H18N6O2/c24-15-11-23(14-4-2-1-3-5-14)20-16(15)17(25)19-13-8-12(9-13)10-22-7-6-18-21-22/h1-7,11-13,24H,8-10H2,(H,19,25). The van der Waals surface area contributed by atoms with Crippen LogP contribution in [-0.4, -0.2) is 41.8 Å². The van der Waals surface area contributed by atoms with Crippen LogP contribution in [0.1, 0.15) is 23.3 Å². The highest BCUT2D eigenvalue weighted by molar-refractivity contribution is 5.95. The first-order valence-electron chi connectivity index (χ1n) is 8.18. The van der Waals surface area contributed by atoms with Crippen molar-refractivity contribution in [1.29, 1.82) is 0 Å². The molecule has 1 amide bonds. The Hall–Kier alpha value is -3.16. The quantitative estimate of drug-likeness (QED) is 0.732. The lowest BCUT2D eigenvalue weighted by Crippen LogP contribution is -2.45. The second-order valence-corrected chi connectivity index (χ2v) is 6.28. The smallest absolute Gasteiger partial charge is 0.275 e. The van der Waals surface area contributed by atoms with Crippen molar-refractivity contribution in [3.05, 3.63) is 54.6 Å². The predicted molar refractivity (Wildman–Crippen MR) is 89.2 cm³/mol. The number of nitrogens with zero attached hydrogens (tertiary/aromatic N) is 5. The second kappa shape index (κ2) is 6.39. The number of aromatic nitrogens is 5. The van der Waals surface area contributed by atoms with Gasteiger partial charge in [-0.25, -0.2) is 4.68 Å². The van der Waals surface area contributed by atoms with Crippen LogP contribution in [0.15, 0.2) is 48.9 Å². The Labute approximate surface area is 144 Å². The molecule has 4 rings (SSSR count). The summed E-state index contributed by atoms with van der Waals surface area (Å²) >= 11 is 0. The average molecular weight is 338 g/mol. The summed E-state index contributed by atoms with van der Waals surface area (Å²) in [5.74, 6) is -0.00120. The van der Waals surface area contributed by atoms with E-state index in [1.165, 1.54) is 10.9 Å². The number of carbonyl (C=O) groups excluding carboxylic acids is 1. The highest BCUT2D eigenvalue weighted by atomic mass is 16.3. The Morgan fingerprint density at radius 2 is 2.08 bits per heavy atom. The number of benzene rings is 1. The van der Waals surface area contributed by atoms with Crippen molar-refractivity contribution in [1.82, 2.24) is 30.1 Å². The summed E-state index contributed by atoms with van der Waals surface area (Å²) in [7, 11) is 0. The van der Waals surface area contributed by atoms with E-state index in [0.29, 0.717) is 5.92 Å². The SMILES string of the molecule is O=C(NC1CC(Cn2ccnn2)C1)c1nn(-c2ccccc2)cc1O. The van der Waals surface area contributed by atoms with Crippen LogP contribution in [0.25, 0.3) is 5.69 Å². The minimum Gasteiger partial charge on any atom is -0.504 e. The van der Waals surface area contributed by atoms with Crippen molar-refractivity contribution < 1.29 is 9.90 Å². The van der Waals surface area contributed by atoms with E-state index in [-0.39, 0.29) is 23.4 Å². The first kappa shape index (κ1) is 15.4. The Morgan fingerprint density at radius 3 is 2.80 bits per heavy atom. The molecule has 2 heterocycles. The molecule has 128 valence electrons. The van der Waals surface area contributed by atoms with E-state index in [9.17, 15) is 9.90 Å². The molecular weight excluding hydrogens is 320 g/mol. The van der Waals surface area contributed by atoms with Crippen molar-refractivity contribution in [2.24, 2.45) is 5.92 Å². The molecule has 0 bridgehead atoms. The normalized spacial score (nSPS) is 19.4. The Bertz CT molecular complexity index is 853. The molecule has 0 spiro atoms. The third kappa shape index (κ3) is 3.23. The van der Waals surface area contributed by atoms with Crippen molar-refractivity contribution in [2.75, 3.05) is 0 Å². The number of aromatic hydroxyl groups is 1. The largest absolute Gasteiger partial charge is 0.504 e. The number of hydrogen-bond donors (Lipinski definition) is 2. The average Bonchev–Trinajstić information content (AvgIpc) is 3.23. The number of nitrogens with one attached hydrogen (secondary N) is 1. The van der Waals surface area contributed by atoms with Crippen LogP contribution in [0.2, 0.25) is 0 Å². The highest BCUT2D eigenvalue weighted by Crippen LogP contribution is 2.29. The molecule has 0 radical (unpaired) electrons. The molecule has 8 heteroatoms. The minimum absolute atomic E-state index is 0.0450. The van der Waals surface area contributed by atoms with Crippen LogP contribution >= 0.6 is 0 Å². The van der Waals surface area contributed by atoms with E-state index >= 15 is 0 Å². The van der Waals surface area contributed by atoms with Gasteiger partial charge in [0, 0.05) is 18.8 Å². The highest BCUT2D eigenvalue weighted by Gasteiger charge is 2.32. The van der Waals surface area contributed by atoms with Crippen LogP contribution < -0.4 is 5.32 Å². The zero-order valence-electron chi connectivity index (χ0n) is 13.5. The van der Waals surface area contributed by atoms with E-state index < -0.39 is 0 Å². The molecular formula is C17H18N6O2. The molecule has 0 unspecified atom stereocenters. The van der Waals surface area contributed by atoms with E-state index in [1.54, 1.807) is 10.9 Å². The van der Waals surface area contributed by atoms with E-state index in [0.717, 1.165) is 25.1 Å². The van der Waals surface area contributed by atoms with Gasteiger partial charge < -0.3 is 10.4 Å². The van der Waals surface area contributed by atoms with E-state index in [1.807, 2.05) is 36.5 Å². The van der Waals surface area contributed by atoms with Gasteiger partial charge in [0.25, 0.3) is 5.91 Å². The molecule has 0 atom stereocenters. The Balaban J connectivity index is 1.35. The molecule has 0 aliphatic heterocycles. The van der Waals surface area contributed by atoms with Gasteiger partial charge in [-0.1, -0.05) is 23.4 Å². The fraction of sp³-hybridized carbons (Fsp3) is 0.294. The first-order valence-corrected chi connectivity index (χ1v) is 8.18. The summed E-state index contributed by atoms with van der Waals surface area (Å²) in [6, 6.07) is 9.45. The molecule has 0 saturated heterocycles. The summed E-state index contributed by atoms with van der Waals surface area (Å²) in [5.41, 5.74) is 0.831. The maximum absolute atomic E-state index is 12.4. The molecule has 1 aliphatic carbocycles. The lowest BCUT2D eigenvalue weighted by atomic mass is 9.80. The fourth-order valence-electron chi connectivity index (χ4n) is 3.09. The van der Waals surface area contributed by atoms with Gasteiger partial charge in [-0.2, -0.15) is 5.10 Å². The molecule has 2 aromatic heterocycles. The number of amides is 1. The molecule has 1 aliphatic rings. The van der Waals surface area contributed by atoms with Gasteiger partial charge in [0.05, 0.1) is 18.1 Å². The van der Waals surface area contributed by atoms with Crippen molar-refractivity contribution in [3.8, 4) is 11.4 Å². The lowest BCUT2D eigenvalue weighted by Gasteiger charge is -2.35. The molecule has 1 aromatic carbocycles. The van der Waals surface area contributed by atoms with Crippen molar-refractivity contribution in [2.45, 2.75) is 25.4 Å². The molecule has 2 N–H and O–H groups in total. The topological polar surface area (TPSA) is 97.9 Å². The zero-order chi connectivity index (χ0) is 17.2. The van der Waals surface area contributed by atoms with Crippen molar-refractivity contribution in [3.63, 3.8) is 0 Å². The molecule has 25 heavy (non-hydrogen) atoms. The summed E-state index contributed by atoms with van der Waals surface area (Å²) in [6.45, 7) is 0.806. The fourth-order valence-corrected chi connectivity index (χ4v) is 3.09. The van der Waals surface area contributed by atoms with Gasteiger partial charge in [0.15, 0.2) is 11.4 Å². The maximum Gasteiger partial charge on any atom is 0.275 e. The van der Waals surface area contributed by atoms with Gasteiger partial charge in [-0.15, -0.1) is 5.10 Å². The summed E-state index contributed by atoms with van der Waals surface area (Å²) < 4.78 is 3.30. The summed E-state index contributed by atoms with van der Waals surface area (Å²) in [4.78, 5) is 12.4. The zero-order valence-corrected chi connectivity index (χ0v) is 13.5. The molecule has 1 fully saturated rings. The monoisotopic (exact) mass is 338 g/mol. The Morgan fingerprint density at radius 1 is 1.28 bits per heavy atom. The molecule has 8 nitrogen and oxygen atoms in total. The van der Waals surface area contributed by atoms with Crippen LogP contribution in [-0.2, 0) is 6.54 Å². The van der Waals surface area contributed by atoms with E-state index in [4.69, 9.17) is 0 Å². The van der Waals surface area contributed by atoms with Gasteiger partial charge in [-0.3, -0.25) is 9.48 Å². The maximum atomic E-state index is 12.4. The van der Waals surface area contributed by atoms with Crippen molar-refractivity contribution >= 4 is 5.91 Å². The Kier molecular flexibility index (Phi) is 3.93. The van der Waals surface area contributed by atoms with Gasteiger partial charge in [0.1, 0.15) is 0 Å². The number of hydrogen-bond acceptors (Lipinski definition) is 5.